The molecule has 134 valence electrons. The number of nitrogens with zero attached hydrogens (tertiary/aromatic N) is 5. The topological polar surface area (TPSA) is 73.1 Å². The van der Waals surface area contributed by atoms with Gasteiger partial charge in [-0.25, -0.2) is 15.0 Å². The Balaban J connectivity index is 1.66. The van der Waals surface area contributed by atoms with Gasteiger partial charge < -0.3 is 14.2 Å². The minimum absolute atomic E-state index is 0.0868. The van der Waals surface area contributed by atoms with Gasteiger partial charge in [-0.1, -0.05) is 0 Å². The molecule has 0 aliphatic carbocycles. The van der Waals surface area contributed by atoms with Crippen LogP contribution in [0.4, 0.5) is 5.82 Å². The van der Waals surface area contributed by atoms with E-state index in [-0.39, 0.29) is 17.9 Å². The number of anilines is 1. The van der Waals surface area contributed by atoms with Crippen LogP contribution in [0.1, 0.15) is 47.0 Å². The van der Waals surface area contributed by atoms with Crippen molar-refractivity contribution in [1.82, 2.24) is 19.5 Å². The summed E-state index contributed by atoms with van der Waals surface area (Å²) in [6, 6.07) is 0.470. The predicted molar refractivity (Wildman–Crippen MR) is 94.2 cm³/mol. The van der Waals surface area contributed by atoms with Crippen LogP contribution in [-0.4, -0.2) is 43.2 Å². The van der Waals surface area contributed by atoms with Gasteiger partial charge in [0.1, 0.15) is 11.9 Å². The van der Waals surface area contributed by atoms with E-state index >= 15 is 0 Å². The fourth-order valence-electron chi connectivity index (χ4n) is 4.24. The predicted octanol–water partition coefficient (Wildman–Crippen LogP) is 2.55. The lowest BCUT2D eigenvalue weighted by Gasteiger charge is -2.27. The average Bonchev–Trinajstić information content (AvgIpc) is 3.24. The Morgan fingerprint density at radius 2 is 2.08 bits per heavy atom. The first-order valence-corrected chi connectivity index (χ1v) is 9.06. The molecule has 7 heteroatoms. The molecular formula is C18H25N5O2. The Bertz CT molecular complexity index is 809. The van der Waals surface area contributed by atoms with Gasteiger partial charge in [0.05, 0.1) is 12.2 Å². The molecule has 7 nitrogen and oxygen atoms in total. The molecule has 2 aromatic rings. The summed E-state index contributed by atoms with van der Waals surface area (Å²) < 4.78 is 7.67. The number of carbonyl (C=O) groups is 1. The zero-order valence-corrected chi connectivity index (χ0v) is 15.3. The highest BCUT2D eigenvalue weighted by Crippen LogP contribution is 2.45. The summed E-state index contributed by atoms with van der Waals surface area (Å²) in [4.78, 5) is 28.4. The van der Waals surface area contributed by atoms with Crippen molar-refractivity contribution in [1.29, 1.82) is 0 Å². The van der Waals surface area contributed by atoms with E-state index in [1.807, 2.05) is 31.7 Å². The first kappa shape index (κ1) is 16.3. The Morgan fingerprint density at radius 3 is 2.80 bits per heavy atom. The molecule has 3 atom stereocenters. The minimum Gasteiger partial charge on any atom is -0.460 e. The third-order valence-electron chi connectivity index (χ3n) is 5.21. The van der Waals surface area contributed by atoms with Gasteiger partial charge >= 0.3 is 5.97 Å². The summed E-state index contributed by atoms with van der Waals surface area (Å²) >= 11 is 0. The summed E-state index contributed by atoms with van der Waals surface area (Å²) in [5.74, 6) is 0.682. The maximum atomic E-state index is 12.6. The quantitative estimate of drug-likeness (QED) is 0.798. The zero-order chi connectivity index (χ0) is 17.8. The lowest BCUT2D eigenvalue weighted by atomic mass is 9.89. The van der Waals surface area contributed by atoms with Crippen LogP contribution < -0.4 is 4.90 Å². The van der Waals surface area contributed by atoms with Gasteiger partial charge in [-0.15, -0.1) is 0 Å². The third kappa shape index (κ3) is 2.65. The molecule has 0 amide bonds. The molecule has 0 unspecified atom stereocenters. The molecule has 2 bridgehead atoms. The molecule has 0 spiro atoms. The van der Waals surface area contributed by atoms with Crippen molar-refractivity contribution >= 4 is 23.0 Å². The van der Waals surface area contributed by atoms with E-state index < -0.39 is 5.60 Å². The average molecular weight is 343 g/mol. The van der Waals surface area contributed by atoms with Crippen LogP contribution in [0.3, 0.4) is 0 Å². The second-order valence-electron chi connectivity index (χ2n) is 7.98. The first-order valence-electron chi connectivity index (χ1n) is 9.06. The molecule has 4 rings (SSSR count). The number of esters is 1. The molecule has 2 aromatic heterocycles. The van der Waals surface area contributed by atoms with E-state index in [9.17, 15) is 4.79 Å². The van der Waals surface area contributed by atoms with Gasteiger partial charge in [0, 0.05) is 18.6 Å². The maximum absolute atomic E-state index is 12.6. The summed E-state index contributed by atoms with van der Waals surface area (Å²) in [5, 5.41) is 0. The number of imidazole rings is 1. The molecule has 2 fully saturated rings. The summed E-state index contributed by atoms with van der Waals surface area (Å²) in [7, 11) is 0. The Hall–Kier alpha value is -2.18. The van der Waals surface area contributed by atoms with Crippen LogP contribution in [0.25, 0.3) is 11.2 Å². The molecule has 0 radical (unpaired) electrons. The van der Waals surface area contributed by atoms with E-state index in [4.69, 9.17) is 4.74 Å². The van der Waals surface area contributed by atoms with Crippen molar-refractivity contribution in [3.8, 4) is 0 Å². The van der Waals surface area contributed by atoms with Crippen LogP contribution in [0.5, 0.6) is 0 Å². The lowest BCUT2D eigenvalue weighted by molar-refractivity contribution is -0.160. The van der Waals surface area contributed by atoms with Gasteiger partial charge in [0.15, 0.2) is 17.0 Å². The van der Waals surface area contributed by atoms with Crippen molar-refractivity contribution in [2.45, 2.75) is 71.2 Å². The highest BCUT2D eigenvalue weighted by Gasteiger charge is 2.51. The Kier molecular flexibility index (Phi) is 3.70. The maximum Gasteiger partial charge on any atom is 0.311 e. The number of fused-ring (bicyclic) bond motifs is 3. The van der Waals surface area contributed by atoms with Crippen molar-refractivity contribution in [3.63, 3.8) is 0 Å². The van der Waals surface area contributed by atoms with Gasteiger partial charge in [-0.3, -0.25) is 4.79 Å². The molecular weight excluding hydrogens is 318 g/mol. The standard InChI is InChI=1S/C18H25N5O2/c1-5-22-10-21-14-15(22)19-9-20-16(14)23-11-6-7-13(23)12(8-11)17(24)25-18(2,3)4/h9-13H,5-8H2,1-4H3/t11-,12-,13-/m0/s1. The highest BCUT2D eigenvalue weighted by molar-refractivity contribution is 5.85. The normalized spacial score (nSPS) is 25.8. The van der Waals surface area contributed by atoms with Gasteiger partial charge in [-0.2, -0.15) is 0 Å². The van der Waals surface area contributed by atoms with Gasteiger partial charge in [0.2, 0.25) is 0 Å². The number of aryl methyl sites for hydroxylation is 1. The van der Waals surface area contributed by atoms with E-state index in [2.05, 4.69) is 26.8 Å². The van der Waals surface area contributed by atoms with Crippen LogP contribution in [0, 0.1) is 5.92 Å². The minimum atomic E-state index is -0.453. The number of hydrogen-bond acceptors (Lipinski definition) is 6. The smallest absolute Gasteiger partial charge is 0.311 e. The van der Waals surface area contributed by atoms with Crippen LogP contribution >= 0.6 is 0 Å². The van der Waals surface area contributed by atoms with Gasteiger partial charge in [0.25, 0.3) is 0 Å². The monoisotopic (exact) mass is 343 g/mol. The summed E-state index contributed by atoms with van der Waals surface area (Å²) in [5.41, 5.74) is 1.23. The van der Waals surface area contributed by atoms with E-state index in [1.165, 1.54) is 0 Å². The summed E-state index contributed by atoms with van der Waals surface area (Å²) in [6.07, 6.45) is 6.33. The molecule has 25 heavy (non-hydrogen) atoms. The molecule has 0 aromatic carbocycles. The number of ether oxygens (including phenoxy) is 1. The molecule has 4 heterocycles. The zero-order valence-electron chi connectivity index (χ0n) is 15.3. The Morgan fingerprint density at radius 1 is 1.28 bits per heavy atom. The number of rotatable bonds is 3. The lowest BCUT2D eigenvalue weighted by Crippen LogP contribution is -2.37. The summed E-state index contributed by atoms with van der Waals surface area (Å²) in [6.45, 7) is 8.64. The number of aromatic nitrogens is 4. The van der Waals surface area contributed by atoms with E-state index in [0.29, 0.717) is 6.04 Å². The largest absolute Gasteiger partial charge is 0.460 e. The van der Waals surface area contributed by atoms with Gasteiger partial charge in [-0.05, 0) is 47.0 Å². The van der Waals surface area contributed by atoms with Crippen molar-refractivity contribution in [2.24, 2.45) is 5.92 Å². The third-order valence-corrected chi connectivity index (χ3v) is 5.21. The number of hydrogen-bond donors (Lipinski definition) is 0. The van der Waals surface area contributed by atoms with Crippen LogP contribution in [0.15, 0.2) is 12.7 Å². The molecule has 2 aliphatic rings. The molecule has 2 aliphatic heterocycles. The fraction of sp³-hybridized carbons (Fsp3) is 0.667. The Labute approximate surface area is 147 Å². The van der Waals surface area contributed by atoms with E-state index in [1.54, 1.807) is 6.33 Å². The molecule has 0 saturated carbocycles. The number of carbonyl (C=O) groups excluding carboxylic acids is 1. The highest BCUT2D eigenvalue weighted by atomic mass is 16.6. The van der Waals surface area contributed by atoms with Crippen LogP contribution in [0.2, 0.25) is 0 Å². The van der Waals surface area contributed by atoms with Crippen LogP contribution in [-0.2, 0) is 16.1 Å². The second kappa shape index (κ2) is 5.68. The van der Waals surface area contributed by atoms with Crippen molar-refractivity contribution in [2.75, 3.05) is 4.90 Å². The molecule has 2 saturated heterocycles. The first-order chi connectivity index (χ1) is 11.9. The van der Waals surface area contributed by atoms with Crippen molar-refractivity contribution < 1.29 is 9.53 Å². The molecule has 0 N–H and O–H groups in total. The van der Waals surface area contributed by atoms with E-state index in [0.717, 1.165) is 42.8 Å². The second-order valence-corrected chi connectivity index (χ2v) is 7.98. The fourth-order valence-corrected chi connectivity index (χ4v) is 4.24. The van der Waals surface area contributed by atoms with Crippen molar-refractivity contribution in [3.05, 3.63) is 12.7 Å². The SMILES string of the molecule is CCn1cnc2c(N3[C@H]4CC[C@H]3[C@@H](C(=O)OC(C)(C)C)C4)ncnc21.